The van der Waals surface area contributed by atoms with Gasteiger partial charge in [0.05, 0.1) is 22.7 Å². The highest BCUT2D eigenvalue weighted by molar-refractivity contribution is 7.80. The van der Waals surface area contributed by atoms with Crippen molar-refractivity contribution in [3.05, 3.63) is 57.6 Å². The lowest BCUT2D eigenvalue weighted by atomic mass is 10.0. The second-order valence-electron chi connectivity index (χ2n) is 6.49. The third-order valence-electron chi connectivity index (χ3n) is 4.74. The van der Waals surface area contributed by atoms with E-state index in [1.807, 2.05) is 12.1 Å². The van der Waals surface area contributed by atoms with Gasteiger partial charge in [0.25, 0.3) is 11.8 Å². The monoisotopic (exact) mass is 438 g/mol. The predicted molar refractivity (Wildman–Crippen MR) is 113 cm³/mol. The molecule has 0 atom stereocenters. The summed E-state index contributed by atoms with van der Waals surface area (Å²) in [5.74, 6) is -0.130. The van der Waals surface area contributed by atoms with E-state index in [4.69, 9.17) is 27.9 Å². The van der Waals surface area contributed by atoms with Gasteiger partial charge in [0.2, 0.25) is 0 Å². The summed E-state index contributed by atoms with van der Waals surface area (Å²) in [6, 6.07) is 10.3. The van der Waals surface area contributed by atoms with Crippen molar-refractivity contribution in [2.45, 2.75) is 23.8 Å². The van der Waals surface area contributed by atoms with Crippen molar-refractivity contribution in [1.82, 2.24) is 10.2 Å². The van der Waals surface area contributed by atoms with Crippen molar-refractivity contribution in [3.8, 4) is 5.75 Å². The van der Waals surface area contributed by atoms with Crippen LogP contribution in [-0.2, 0) is 0 Å². The number of hydrogen-bond acceptors (Lipinski definition) is 4. The number of ether oxygens (including phenoxy) is 1. The number of amides is 2. The number of carbonyl (C=O) groups is 2. The molecule has 1 saturated heterocycles. The van der Waals surface area contributed by atoms with Crippen molar-refractivity contribution in [3.63, 3.8) is 0 Å². The number of nitrogens with one attached hydrogen (secondary N) is 1. The molecule has 0 unspecified atom stereocenters. The Labute approximate surface area is 179 Å². The van der Waals surface area contributed by atoms with Gasteiger partial charge in [0, 0.05) is 24.0 Å². The largest absolute Gasteiger partial charge is 0.494 e. The van der Waals surface area contributed by atoms with E-state index in [0.717, 1.165) is 0 Å². The van der Waals surface area contributed by atoms with Crippen LogP contribution in [0.5, 0.6) is 5.75 Å². The number of carbonyl (C=O) groups excluding carboxylic acids is 2. The maximum Gasteiger partial charge on any atom is 0.256 e. The van der Waals surface area contributed by atoms with Gasteiger partial charge >= 0.3 is 0 Å². The lowest BCUT2D eigenvalue weighted by Crippen LogP contribution is -2.46. The van der Waals surface area contributed by atoms with E-state index in [1.54, 1.807) is 29.2 Å². The SMILES string of the molecule is COc1c(Cl)ccc(Cl)c1C(=O)NC1CCN(C(=O)c2ccccc2S)CC1. The third kappa shape index (κ3) is 4.40. The van der Waals surface area contributed by atoms with E-state index < -0.39 is 0 Å². The van der Waals surface area contributed by atoms with Crippen LogP contribution in [0.3, 0.4) is 0 Å². The Balaban J connectivity index is 1.64. The van der Waals surface area contributed by atoms with Crippen LogP contribution in [0.4, 0.5) is 0 Å². The molecule has 1 N–H and O–H groups in total. The Morgan fingerprint density at radius 3 is 2.39 bits per heavy atom. The molecular weight excluding hydrogens is 419 g/mol. The summed E-state index contributed by atoms with van der Waals surface area (Å²) in [6.07, 6.45) is 1.29. The maximum atomic E-state index is 12.7. The minimum Gasteiger partial charge on any atom is -0.494 e. The molecule has 0 saturated carbocycles. The first kappa shape index (κ1) is 20.8. The molecule has 0 bridgehead atoms. The number of halogens is 2. The molecule has 2 aromatic rings. The Morgan fingerprint density at radius 2 is 1.75 bits per heavy atom. The fraction of sp³-hybridized carbons (Fsp3) is 0.300. The summed E-state index contributed by atoms with van der Waals surface area (Å²) in [7, 11) is 1.44. The van der Waals surface area contributed by atoms with E-state index in [-0.39, 0.29) is 34.2 Å². The molecule has 1 aliphatic heterocycles. The third-order valence-corrected chi connectivity index (χ3v) is 5.74. The zero-order valence-electron chi connectivity index (χ0n) is 15.2. The average Bonchev–Trinajstić information content (AvgIpc) is 2.69. The number of hydrogen-bond donors (Lipinski definition) is 2. The smallest absolute Gasteiger partial charge is 0.256 e. The van der Waals surface area contributed by atoms with Gasteiger partial charge in [-0.05, 0) is 37.1 Å². The number of piperidine rings is 1. The molecule has 8 heteroatoms. The highest BCUT2D eigenvalue weighted by Crippen LogP contribution is 2.34. The normalized spacial score (nSPS) is 14.6. The van der Waals surface area contributed by atoms with Gasteiger partial charge in [-0.15, -0.1) is 12.6 Å². The number of methoxy groups -OCH3 is 1. The first-order valence-corrected chi connectivity index (χ1v) is 10.0. The Kier molecular flexibility index (Phi) is 6.75. The molecule has 0 radical (unpaired) electrons. The molecule has 1 fully saturated rings. The Morgan fingerprint density at radius 1 is 1.11 bits per heavy atom. The summed E-state index contributed by atoms with van der Waals surface area (Å²) in [4.78, 5) is 27.8. The quantitative estimate of drug-likeness (QED) is 0.698. The van der Waals surface area contributed by atoms with E-state index >= 15 is 0 Å². The topological polar surface area (TPSA) is 58.6 Å². The molecule has 0 spiro atoms. The Hall–Kier alpha value is -1.89. The molecule has 28 heavy (non-hydrogen) atoms. The molecule has 0 aromatic heterocycles. The van der Waals surface area contributed by atoms with Crippen molar-refractivity contribution >= 4 is 47.6 Å². The fourth-order valence-electron chi connectivity index (χ4n) is 3.25. The van der Waals surface area contributed by atoms with Gasteiger partial charge in [-0.25, -0.2) is 0 Å². The minimum absolute atomic E-state index is 0.0464. The molecule has 148 valence electrons. The summed E-state index contributed by atoms with van der Waals surface area (Å²) in [5, 5.41) is 3.57. The van der Waals surface area contributed by atoms with Crippen LogP contribution in [0.2, 0.25) is 10.0 Å². The van der Waals surface area contributed by atoms with Crippen LogP contribution >= 0.6 is 35.8 Å². The first-order valence-electron chi connectivity index (χ1n) is 8.82. The number of rotatable bonds is 4. The van der Waals surface area contributed by atoms with E-state index in [2.05, 4.69) is 17.9 Å². The van der Waals surface area contributed by atoms with Crippen molar-refractivity contribution in [2.24, 2.45) is 0 Å². The lowest BCUT2D eigenvalue weighted by molar-refractivity contribution is 0.0694. The number of thiol groups is 1. The highest BCUT2D eigenvalue weighted by atomic mass is 35.5. The van der Waals surface area contributed by atoms with Crippen LogP contribution in [-0.4, -0.2) is 43.0 Å². The van der Waals surface area contributed by atoms with Gasteiger partial charge in [-0.1, -0.05) is 35.3 Å². The standard InChI is InChI=1S/C20H20Cl2N2O3S/c1-27-18-15(22)7-6-14(21)17(18)19(25)23-12-8-10-24(11-9-12)20(26)13-4-2-3-5-16(13)28/h2-7,12,28H,8-11H2,1H3,(H,23,25). The van der Waals surface area contributed by atoms with E-state index in [0.29, 0.717) is 41.4 Å². The van der Waals surface area contributed by atoms with Crippen molar-refractivity contribution in [2.75, 3.05) is 20.2 Å². The number of likely N-dealkylation sites (tertiary alicyclic amines) is 1. The fourth-order valence-corrected chi connectivity index (χ4v) is 3.98. The van der Waals surface area contributed by atoms with Gasteiger partial charge in [-0.3, -0.25) is 9.59 Å². The first-order chi connectivity index (χ1) is 13.4. The predicted octanol–water partition coefficient (Wildman–Crippen LogP) is 4.33. The van der Waals surface area contributed by atoms with Crippen molar-refractivity contribution < 1.29 is 14.3 Å². The summed E-state index contributed by atoms with van der Waals surface area (Å²) >= 11 is 16.6. The van der Waals surface area contributed by atoms with Crippen molar-refractivity contribution in [1.29, 1.82) is 0 Å². The molecular formula is C20H20Cl2N2O3S. The van der Waals surface area contributed by atoms with Crippen LogP contribution in [0, 0.1) is 0 Å². The van der Waals surface area contributed by atoms with Crippen LogP contribution in [0.25, 0.3) is 0 Å². The van der Waals surface area contributed by atoms with Gasteiger partial charge in [-0.2, -0.15) is 0 Å². The second-order valence-corrected chi connectivity index (χ2v) is 7.79. The van der Waals surface area contributed by atoms with Crippen LogP contribution in [0.1, 0.15) is 33.6 Å². The number of benzene rings is 2. The Bertz CT molecular complexity index is 899. The van der Waals surface area contributed by atoms with E-state index in [9.17, 15) is 9.59 Å². The van der Waals surface area contributed by atoms with Crippen LogP contribution in [0.15, 0.2) is 41.3 Å². The lowest BCUT2D eigenvalue weighted by Gasteiger charge is -2.32. The molecule has 2 amide bonds. The minimum atomic E-state index is -0.338. The molecule has 5 nitrogen and oxygen atoms in total. The van der Waals surface area contributed by atoms with Crippen LogP contribution < -0.4 is 10.1 Å². The molecule has 2 aromatic carbocycles. The zero-order chi connectivity index (χ0) is 20.3. The molecule has 3 rings (SSSR count). The van der Waals surface area contributed by atoms with Gasteiger partial charge in [0.1, 0.15) is 5.56 Å². The second kappa shape index (κ2) is 9.07. The maximum absolute atomic E-state index is 12.7. The molecule has 1 heterocycles. The van der Waals surface area contributed by atoms with Gasteiger partial charge < -0.3 is 15.0 Å². The average molecular weight is 439 g/mol. The molecule has 0 aliphatic carbocycles. The highest BCUT2D eigenvalue weighted by Gasteiger charge is 2.27. The summed E-state index contributed by atoms with van der Waals surface area (Å²) in [5.41, 5.74) is 0.808. The number of nitrogens with zero attached hydrogens (tertiary/aromatic N) is 1. The zero-order valence-corrected chi connectivity index (χ0v) is 17.7. The van der Waals surface area contributed by atoms with Gasteiger partial charge in [0.15, 0.2) is 5.75 Å². The molecule has 1 aliphatic rings. The van der Waals surface area contributed by atoms with E-state index in [1.165, 1.54) is 7.11 Å². The summed E-state index contributed by atoms with van der Waals surface area (Å²) in [6.45, 7) is 1.10. The summed E-state index contributed by atoms with van der Waals surface area (Å²) < 4.78 is 5.24.